The number of aliphatic carboxylic acids is 1. The molecule has 0 radical (unpaired) electrons. The molecule has 0 aliphatic carbocycles. The van der Waals surface area contributed by atoms with Crippen LogP contribution in [-0.2, 0) is 11.3 Å². The van der Waals surface area contributed by atoms with Crippen molar-refractivity contribution in [2.75, 3.05) is 7.11 Å². The Balaban J connectivity index is 2.66. The minimum Gasteiger partial charge on any atom is -0.497 e. The normalized spacial score (nSPS) is 12.2. The van der Waals surface area contributed by atoms with Gasteiger partial charge in [-0.1, -0.05) is 0 Å². The number of nitrogens with zero attached hydrogens (tertiary/aromatic N) is 1. The Morgan fingerprint density at radius 3 is 2.88 bits per heavy atom. The largest absolute Gasteiger partial charge is 0.497 e. The van der Waals surface area contributed by atoms with Gasteiger partial charge in [-0.05, 0) is 13.8 Å². The van der Waals surface area contributed by atoms with Crippen molar-refractivity contribution in [2.45, 2.75) is 26.4 Å². The van der Waals surface area contributed by atoms with Crippen LogP contribution in [0.15, 0.2) is 12.1 Å². The summed E-state index contributed by atoms with van der Waals surface area (Å²) in [5.74, 6) is -0.146. The molecule has 2 N–H and O–H groups in total. The van der Waals surface area contributed by atoms with Crippen LogP contribution in [0.2, 0.25) is 0 Å². The summed E-state index contributed by atoms with van der Waals surface area (Å²) in [5.41, 5.74) is 1.61. The smallest absolute Gasteiger partial charge is 0.320 e. The van der Waals surface area contributed by atoms with E-state index in [4.69, 9.17) is 9.84 Å². The lowest BCUT2D eigenvalue weighted by Gasteiger charge is -2.10. The van der Waals surface area contributed by atoms with E-state index in [0.29, 0.717) is 6.54 Å². The number of hydrogen-bond acceptors (Lipinski definition) is 4. The Labute approximate surface area is 94.5 Å². The van der Waals surface area contributed by atoms with Gasteiger partial charge in [-0.25, -0.2) is 0 Å². The number of carboxylic acid groups (broad SMARTS) is 1. The number of ether oxygens (including phenoxy) is 1. The number of aryl methyl sites for hydroxylation is 1. The molecule has 0 aromatic carbocycles. The van der Waals surface area contributed by atoms with Crippen LogP contribution in [0.5, 0.6) is 5.75 Å². The van der Waals surface area contributed by atoms with Gasteiger partial charge in [0.05, 0.1) is 12.8 Å². The van der Waals surface area contributed by atoms with Crippen molar-refractivity contribution in [3.8, 4) is 5.75 Å². The fourth-order valence-corrected chi connectivity index (χ4v) is 1.26. The summed E-state index contributed by atoms with van der Waals surface area (Å²) in [6, 6.07) is 3.02. The van der Waals surface area contributed by atoms with Gasteiger partial charge in [0, 0.05) is 24.4 Å². The number of pyridine rings is 1. The van der Waals surface area contributed by atoms with E-state index in [1.807, 2.05) is 13.0 Å². The summed E-state index contributed by atoms with van der Waals surface area (Å²) in [6.45, 7) is 3.87. The SMILES string of the molecule is COc1cc(C)nc(CN[C@H](C)C(=O)O)c1. The van der Waals surface area contributed by atoms with Crippen LogP contribution in [0.3, 0.4) is 0 Å². The van der Waals surface area contributed by atoms with Crippen molar-refractivity contribution < 1.29 is 14.6 Å². The summed E-state index contributed by atoms with van der Waals surface area (Å²) < 4.78 is 5.11. The van der Waals surface area contributed by atoms with Crippen molar-refractivity contribution in [3.63, 3.8) is 0 Å². The van der Waals surface area contributed by atoms with Gasteiger partial charge < -0.3 is 9.84 Å². The molecule has 88 valence electrons. The van der Waals surface area contributed by atoms with Crippen LogP contribution in [0.25, 0.3) is 0 Å². The molecule has 0 saturated heterocycles. The Bertz CT molecular complexity index is 379. The van der Waals surface area contributed by atoms with Crippen LogP contribution in [0.4, 0.5) is 0 Å². The van der Waals surface area contributed by atoms with E-state index >= 15 is 0 Å². The number of aromatic nitrogens is 1. The van der Waals surface area contributed by atoms with Crippen LogP contribution in [0.1, 0.15) is 18.3 Å². The molecule has 1 aromatic rings. The maximum Gasteiger partial charge on any atom is 0.320 e. The first-order valence-electron chi connectivity index (χ1n) is 5.00. The Kier molecular flexibility index (Phi) is 4.25. The van der Waals surface area contributed by atoms with E-state index in [0.717, 1.165) is 17.1 Å². The summed E-state index contributed by atoms with van der Waals surface area (Å²) in [4.78, 5) is 14.9. The molecule has 16 heavy (non-hydrogen) atoms. The van der Waals surface area contributed by atoms with E-state index in [9.17, 15) is 4.79 Å². The molecule has 5 heteroatoms. The van der Waals surface area contributed by atoms with Crippen molar-refractivity contribution in [1.82, 2.24) is 10.3 Å². The molecular weight excluding hydrogens is 208 g/mol. The van der Waals surface area contributed by atoms with E-state index in [2.05, 4.69) is 10.3 Å². The number of carbonyl (C=O) groups is 1. The number of nitrogens with one attached hydrogen (secondary N) is 1. The molecule has 0 aliphatic heterocycles. The molecule has 0 saturated carbocycles. The van der Waals surface area contributed by atoms with E-state index in [1.54, 1.807) is 20.1 Å². The van der Waals surface area contributed by atoms with E-state index in [1.165, 1.54) is 0 Å². The molecule has 0 fully saturated rings. The molecule has 1 rings (SSSR count). The highest BCUT2D eigenvalue weighted by Crippen LogP contribution is 2.13. The summed E-state index contributed by atoms with van der Waals surface area (Å²) in [6.07, 6.45) is 0. The summed E-state index contributed by atoms with van der Waals surface area (Å²) >= 11 is 0. The second-order valence-corrected chi connectivity index (χ2v) is 3.58. The number of hydrogen-bond donors (Lipinski definition) is 2. The second-order valence-electron chi connectivity index (χ2n) is 3.58. The molecule has 5 nitrogen and oxygen atoms in total. The summed E-state index contributed by atoms with van der Waals surface area (Å²) in [5, 5.41) is 11.6. The molecule has 1 aromatic heterocycles. The first kappa shape index (κ1) is 12.4. The first-order chi connectivity index (χ1) is 7.52. The lowest BCUT2D eigenvalue weighted by molar-refractivity contribution is -0.139. The van der Waals surface area contributed by atoms with Gasteiger partial charge in [0.1, 0.15) is 11.8 Å². The van der Waals surface area contributed by atoms with E-state index < -0.39 is 12.0 Å². The van der Waals surface area contributed by atoms with Crippen molar-refractivity contribution in [3.05, 3.63) is 23.5 Å². The minimum atomic E-state index is -0.875. The lowest BCUT2D eigenvalue weighted by Crippen LogP contribution is -2.33. The third-order valence-electron chi connectivity index (χ3n) is 2.18. The number of rotatable bonds is 5. The highest BCUT2D eigenvalue weighted by molar-refractivity contribution is 5.72. The molecule has 0 spiro atoms. The van der Waals surface area contributed by atoms with Crippen molar-refractivity contribution >= 4 is 5.97 Å². The predicted molar refractivity (Wildman–Crippen MR) is 59.5 cm³/mol. The highest BCUT2D eigenvalue weighted by atomic mass is 16.5. The highest BCUT2D eigenvalue weighted by Gasteiger charge is 2.10. The number of methoxy groups -OCH3 is 1. The fourth-order valence-electron chi connectivity index (χ4n) is 1.26. The van der Waals surface area contributed by atoms with E-state index in [-0.39, 0.29) is 0 Å². The molecule has 1 atom stereocenters. The van der Waals surface area contributed by atoms with Crippen LogP contribution >= 0.6 is 0 Å². The minimum absolute atomic E-state index is 0.408. The molecular formula is C11H16N2O3. The Morgan fingerprint density at radius 1 is 1.62 bits per heavy atom. The number of carboxylic acids is 1. The fraction of sp³-hybridized carbons (Fsp3) is 0.455. The Morgan fingerprint density at radius 2 is 2.31 bits per heavy atom. The second kappa shape index (κ2) is 5.46. The van der Waals surface area contributed by atoms with Gasteiger partial charge >= 0.3 is 5.97 Å². The van der Waals surface area contributed by atoms with Crippen LogP contribution in [0, 0.1) is 6.92 Å². The lowest BCUT2D eigenvalue weighted by atomic mass is 10.2. The van der Waals surface area contributed by atoms with Gasteiger partial charge in [-0.3, -0.25) is 15.1 Å². The average Bonchev–Trinajstić information content (AvgIpc) is 2.24. The molecule has 1 heterocycles. The standard InChI is InChI=1S/C11H16N2O3/c1-7-4-10(16-3)5-9(13-7)6-12-8(2)11(14)15/h4-5,8,12H,6H2,1-3H3,(H,14,15)/t8-/m1/s1. The van der Waals surface area contributed by atoms with Crippen molar-refractivity contribution in [1.29, 1.82) is 0 Å². The monoisotopic (exact) mass is 224 g/mol. The third-order valence-corrected chi connectivity index (χ3v) is 2.18. The third kappa shape index (κ3) is 3.51. The van der Waals surface area contributed by atoms with Gasteiger partial charge in [0.2, 0.25) is 0 Å². The molecule has 0 amide bonds. The topological polar surface area (TPSA) is 71.5 Å². The zero-order valence-corrected chi connectivity index (χ0v) is 9.65. The van der Waals surface area contributed by atoms with Crippen LogP contribution in [-0.4, -0.2) is 29.2 Å². The van der Waals surface area contributed by atoms with Crippen molar-refractivity contribution in [2.24, 2.45) is 0 Å². The maximum atomic E-state index is 10.6. The summed E-state index contributed by atoms with van der Waals surface area (Å²) in [7, 11) is 1.59. The zero-order chi connectivity index (χ0) is 12.1. The van der Waals surface area contributed by atoms with Crippen LogP contribution < -0.4 is 10.1 Å². The quantitative estimate of drug-likeness (QED) is 0.779. The zero-order valence-electron chi connectivity index (χ0n) is 9.65. The Hall–Kier alpha value is -1.62. The van der Waals surface area contributed by atoms with Gasteiger partial charge in [-0.2, -0.15) is 0 Å². The predicted octanol–water partition coefficient (Wildman–Crippen LogP) is 0.961. The van der Waals surface area contributed by atoms with Gasteiger partial charge in [0.25, 0.3) is 0 Å². The van der Waals surface area contributed by atoms with Gasteiger partial charge in [0.15, 0.2) is 0 Å². The average molecular weight is 224 g/mol. The first-order valence-corrected chi connectivity index (χ1v) is 5.00. The molecule has 0 unspecified atom stereocenters. The van der Waals surface area contributed by atoms with Gasteiger partial charge in [-0.15, -0.1) is 0 Å². The molecule has 0 bridgehead atoms. The maximum absolute atomic E-state index is 10.6. The molecule has 0 aliphatic rings.